The Bertz CT molecular complexity index is 971. The lowest BCUT2D eigenvalue weighted by molar-refractivity contribution is -0.385. The first-order chi connectivity index (χ1) is 13.6. The lowest BCUT2D eigenvalue weighted by Gasteiger charge is -2.06. The van der Waals surface area contributed by atoms with Crippen molar-refractivity contribution in [3.63, 3.8) is 0 Å². The maximum Gasteiger partial charge on any atom is 0.344 e. The second-order valence-electron chi connectivity index (χ2n) is 5.55. The van der Waals surface area contributed by atoms with Crippen molar-refractivity contribution in [2.45, 2.75) is 6.61 Å². The normalized spacial score (nSPS) is 10.3. The lowest BCUT2D eigenvalue weighted by Crippen LogP contribution is -2.15. The van der Waals surface area contributed by atoms with Crippen LogP contribution in [-0.2, 0) is 16.1 Å². The molecule has 0 saturated heterocycles. The zero-order chi connectivity index (χ0) is 19.9. The molecular weight excluding hydrogens is 384 g/mol. The van der Waals surface area contributed by atoms with Gasteiger partial charge in [-0.3, -0.25) is 10.1 Å². The fourth-order valence-corrected chi connectivity index (χ4v) is 3.11. The summed E-state index contributed by atoms with van der Waals surface area (Å²) < 4.78 is 15.5. The number of esters is 1. The Balaban J connectivity index is 1.52. The van der Waals surface area contributed by atoms with E-state index in [0.717, 1.165) is 16.3 Å². The number of para-hydroxylation sites is 2. The van der Waals surface area contributed by atoms with Gasteiger partial charge >= 0.3 is 11.7 Å². The van der Waals surface area contributed by atoms with Crippen LogP contribution in [0, 0.1) is 10.1 Å². The number of carbonyl (C=O) groups excluding carboxylic acids is 1. The molecule has 0 aliphatic carbocycles. The van der Waals surface area contributed by atoms with Gasteiger partial charge in [0.05, 0.1) is 17.7 Å². The maximum absolute atomic E-state index is 11.9. The van der Waals surface area contributed by atoms with E-state index in [-0.39, 0.29) is 18.0 Å². The topological polar surface area (TPSA) is 101 Å². The van der Waals surface area contributed by atoms with Gasteiger partial charge in [0.2, 0.25) is 0 Å². The standard InChI is InChI=1S/C19H16N2O6S/c1-25-15-8-6-13(7-9-15)19-20-14(12-28-19)10-27-18(22)11-26-17-5-3-2-4-16(17)21(23)24/h2-9,12H,10-11H2,1H3. The minimum absolute atomic E-state index is 0.00820. The molecule has 3 rings (SSSR count). The molecule has 8 nitrogen and oxygen atoms in total. The molecule has 2 aromatic carbocycles. The van der Waals surface area contributed by atoms with Crippen molar-refractivity contribution in [1.82, 2.24) is 4.98 Å². The number of hydrogen-bond acceptors (Lipinski definition) is 8. The van der Waals surface area contributed by atoms with Crippen LogP contribution >= 0.6 is 11.3 Å². The van der Waals surface area contributed by atoms with Gasteiger partial charge in [-0.1, -0.05) is 12.1 Å². The Morgan fingerprint density at radius 3 is 2.64 bits per heavy atom. The third kappa shape index (κ3) is 4.83. The van der Waals surface area contributed by atoms with E-state index < -0.39 is 17.5 Å². The SMILES string of the molecule is COc1ccc(-c2nc(COC(=O)COc3ccccc3[N+](=O)[O-])cs2)cc1. The van der Waals surface area contributed by atoms with Gasteiger partial charge in [-0.05, 0) is 30.3 Å². The summed E-state index contributed by atoms with van der Waals surface area (Å²) >= 11 is 1.43. The number of methoxy groups -OCH3 is 1. The average molecular weight is 400 g/mol. The van der Waals surface area contributed by atoms with Crippen molar-refractivity contribution in [2.24, 2.45) is 0 Å². The predicted molar refractivity (Wildman–Crippen MR) is 102 cm³/mol. The second-order valence-corrected chi connectivity index (χ2v) is 6.40. The van der Waals surface area contributed by atoms with Crippen LogP contribution in [0.25, 0.3) is 10.6 Å². The first-order valence-electron chi connectivity index (χ1n) is 8.17. The summed E-state index contributed by atoms with van der Waals surface area (Å²) in [7, 11) is 1.60. The minimum atomic E-state index is -0.642. The summed E-state index contributed by atoms with van der Waals surface area (Å²) in [5.74, 6) is 0.130. The quantitative estimate of drug-likeness (QED) is 0.321. The van der Waals surface area contributed by atoms with Crippen LogP contribution in [0.2, 0.25) is 0 Å². The number of carbonyl (C=O) groups is 1. The van der Waals surface area contributed by atoms with Crippen LogP contribution in [0.15, 0.2) is 53.9 Å². The zero-order valence-corrected chi connectivity index (χ0v) is 15.7. The highest BCUT2D eigenvalue weighted by Crippen LogP contribution is 2.27. The summed E-state index contributed by atoms with van der Waals surface area (Å²) in [6.45, 7) is -0.438. The molecule has 0 radical (unpaired) electrons. The molecule has 0 bridgehead atoms. The minimum Gasteiger partial charge on any atom is -0.497 e. The number of nitro groups is 1. The van der Waals surface area contributed by atoms with Crippen LogP contribution < -0.4 is 9.47 Å². The fourth-order valence-electron chi connectivity index (χ4n) is 2.30. The fraction of sp³-hybridized carbons (Fsp3) is 0.158. The number of aromatic nitrogens is 1. The highest BCUT2D eigenvalue weighted by Gasteiger charge is 2.15. The molecule has 1 heterocycles. The average Bonchev–Trinajstić information content (AvgIpc) is 3.20. The molecule has 144 valence electrons. The number of hydrogen-bond donors (Lipinski definition) is 0. The van der Waals surface area contributed by atoms with Crippen molar-refractivity contribution in [2.75, 3.05) is 13.7 Å². The largest absolute Gasteiger partial charge is 0.497 e. The predicted octanol–water partition coefficient (Wildman–Crippen LogP) is 3.85. The monoisotopic (exact) mass is 400 g/mol. The molecule has 0 fully saturated rings. The van der Waals surface area contributed by atoms with E-state index in [1.54, 1.807) is 18.6 Å². The Hall–Kier alpha value is -3.46. The molecule has 0 amide bonds. The Kier molecular flexibility index (Phi) is 6.18. The molecule has 0 N–H and O–H groups in total. The van der Waals surface area contributed by atoms with Crippen molar-refractivity contribution >= 4 is 23.0 Å². The number of ether oxygens (including phenoxy) is 3. The van der Waals surface area contributed by atoms with E-state index in [1.165, 1.54) is 29.5 Å². The molecule has 0 aliphatic heterocycles. The summed E-state index contributed by atoms with van der Waals surface area (Å²) in [5.41, 5.74) is 1.33. The smallest absolute Gasteiger partial charge is 0.344 e. The van der Waals surface area contributed by atoms with Crippen LogP contribution in [0.5, 0.6) is 11.5 Å². The Labute approximate surface area is 164 Å². The summed E-state index contributed by atoms with van der Waals surface area (Å²) in [4.78, 5) is 26.7. The van der Waals surface area contributed by atoms with Gasteiger partial charge < -0.3 is 14.2 Å². The van der Waals surface area contributed by atoms with Gasteiger partial charge in [0.15, 0.2) is 12.4 Å². The van der Waals surface area contributed by atoms with Crippen LogP contribution in [0.1, 0.15) is 5.69 Å². The zero-order valence-electron chi connectivity index (χ0n) is 14.9. The highest BCUT2D eigenvalue weighted by atomic mass is 32.1. The van der Waals surface area contributed by atoms with E-state index in [2.05, 4.69) is 4.98 Å². The third-order valence-corrected chi connectivity index (χ3v) is 4.62. The van der Waals surface area contributed by atoms with Crippen molar-refractivity contribution in [3.8, 4) is 22.1 Å². The maximum atomic E-state index is 11.9. The molecule has 28 heavy (non-hydrogen) atoms. The first-order valence-corrected chi connectivity index (χ1v) is 9.05. The van der Waals surface area contributed by atoms with Gasteiger partial charge in [-0.25, -0.2) is 9.78 Å². The molecule has 0 atom stereocenters. The molecule has 9 heteroatoms. The molecule has 0 aliphatic rings. The first kappa shape index (κ1) is 19.3. The Morgan fingerprint density at radius 1 is 1.18 bits per heavy atom. The highest BCUT2D eigenvalue weighted by molar-refractivity contribution is 7.13. The molecule has 0 saturated carbocycles. The molecule has 0 unspecified atom stereocenters. The second kappa shape index (κ2) is 8.96. The van der Waals surface area contributed by atoms with Crippen molar-refractivity contribution in [1.29, 1.82) is 0 Å². The molecule has 0 spiro atoms. The number of nitro benzene ring substituents is 1. The van der Waals surface area contributed by atoms with E-state index in [4.69, 9.17) is 14.2 Å². The van der Waals surface area contributed by atoms with Crippen molar-refractivity contribution < 1.29 is 23.9 Å². The number of thiazole rings is 1. The number of benzene rings is 2. The van der Waals surface area contributed by atoms with Crippen LogP contribution in [-0.4, -0.2) is 29.6 Å². The molecular formula is C19H16N2O6S. The van der Waals surface area contributed by atoms with Gasteiger partial charge in [-0.2, -0.15) is 0 Å². The molecule has 3 aromatic rings. The van der Waals surface area contributed by atoms with E-state index >= 15 is 0 Å². The van der Waals surface area contributed by atoms with Crippen LogP contribution in [0.4, 0.5) is 5.69 Å². The number of rotatable bonds is 8. The van der Waals surface area contributed by atoms with E-state index in [0.29, 0.717) is 5.69 Å². The van der Waals surface area contributed by atoms with Gasteiger partial charge in [0.25, 0.3) is 0 Å². The summed E-state index contributed by atoms with van der Waals surface area (Å²) in [5, 5.41) is 13.5. The van der Waals surface area contributed by atoms with E-state index in [1.807, 2.05) is 24.3 Å². The van der Waals surface area contributed by atoms with Crippen molar-refractivity contribution in [3.05, 3.63) is 69.7 Å². The third-order valence-electron chi connectivity index (χ3n) is 3.68. The summed E-state index contributed by atoms with van der Waals surface area (Å²) in [6, 6.07) is 13.3. The molecule has 1 aromatic heterocycles. The van der Waals surface area contributed by atoms with Gasteiger partial charge in [0.1, 0.15) is 17.4 Å². The summed E-state index contributed by atoms with van der Waals surface area (Å²) in [6.07, 6.45) is 0. The number of nitrogens with zero attached hydrogens (tertiary/aromatic N) is 2. The van der Waals surface area contributed by atoms with Gasteiger partial charge in [-0.15, -0.1) is 11.3 Å². The lowest BCUT2D eigenvalue weighted by atomic mass is 10.2. The van der Waals surface area contributed by atoms with Crippen LogP contribution in [0.3, 0.4) is 0 Å². The van der Waals surface area contributed by atoms with E-state index in [9.17, 15) is 14.9 Å². The van der Waals surface area contributed by atoms with Gasteiger partial charge in [0, 0.05) is 17.0 Å². The Morgan fingerprint density at radius 2 is 1.93 bits per heavy atom.